The van der Waals surface area contributed by atoms with E-state index in [1.54, 1.807) is 7.11 Å². The van der Waals surface area contributed by atoms with E-state index >= 15 is 0 Å². The molecule has 3 heteroatoms. The van der Waals surface area contributed by atoms with E-state index in [9.17, 15) is 4.79 Å². The second-order valence-electron chi connectivity index (χ2n) is 5.13. The number of nitrogens with one attached hydrogen (secondary N) is 1. The molecule has 3 aromatic carbocycles. The first-order valence-corrected chi connectivity index (χ1v) is 7.37. The molecule has 3 nitrogen and oxygen atoms in total. The molecule has 0 aliphatic carbocycles. The van der Waals surface area contributed by atoms with Crippen LogP contribution in [0, 0.1) is 0 Å². The maximum absolute atomic E-state index is 12.2. The van der Waals surface area contributed by atoms with Crippen LogP contribution in [0.25, 0.3) is 11.1 Å². The van der Waals surface area contributed by atoms with Crippen LogP contribution in [-0.4, -0.2) is 13.0 Å². The molecule has 0 fully saturated rings. The molecule has 0 aromatic heterocycles. The predicted molar refractivity (Wildman–Crippen MR) is 92.8 cm³/mol. The van der Waals surface area contributed by atoms with Gasteiger partial charge in [0.05, 0.1) is 7.11 Å². The van der Waals surface area contributed by atoms with E-state index in [2.05, 4.69) is 5.32 Å². The largest absolute Gasteiger partial charge is 0.497 e. The van der Waals surface area contributed by atoms with Gasteiger partial charge in [0.2, 0.25) is 0 Å². The van der Waals surface area contributed by atoms with E-state index in [1.165, 1.54) is 0 Å². The highest BCUT2D eigenvalue weighted by molar-refractivity contribution is 6.04. The van der Waals surface area contributed by atoms with Crippen molar-refractivity contribution in [1.29, 1.82) is 0 Å². The van der Waals surface area contributed by atoms with Gasteiger partial charge < -0.3 is 10.1 Å². The minimum atomic E-state index is -0.113. The molecule has 0 aliphatic rings. The Kier molecular flexibility index (Phi) is 4.39. The summed E-state index contributed by atoms with van der Waals surface area (Å²) in [6, 6.07) is 24.8. The highest BCUT2D eigenvalue weighted by Crippen LogP contribution is 2.23. The molecular formula is C20H17NO2. The molecule has 1 N–H and O–H groups in total. The van der Waals surface area contributed by atoms with Gasteiger partial charge in [-0.1, -0.05) is 42.5 Å². The van der Waals surface area contributed by atoms with E-state index in [1.807, 2.05) is 78.9 Å². The first kappa shape index (κ1) is 14.9. The molecular weight excluding hydrogens is 286 g/mol. The van der Waals surface area contributed by atoms with Gasteiger partial charge >= 0.3 is 0 Å². The second kappa shape index (κ2) is 6.79. The zero-order valence-electron chi connectivity index (χ0n) is 12.8. The van der Waals surface area contributed by atoms with Crippen LogP contribution in [-0.2, 0) is 0 Å². The first-order valence-electron chi connectivity index (χ1n) is 7.37. The summed E-state index contributed by atoms with van der Waals surface area (Å²) in [5.41, 5.74) is 3.56. The zero-order chi connectivity index (χ0) is 16.1. The minimum absolute atomic E-state index is 0.113. The number of carbonyl (C=O) groups is 1. The topological polar surface area (TPSA) is 38.3 Å². The summed E-state index contributed by atoms with van der Waals surface area (Å²) in [6.45, 7) is 0. The first-order chi connectivity index (χ1) is 11.3. The summed E-state index contributed by atoms with van der Waals surface area (Å²) in [6.07, 6.45) is 0. The van der Waals surface area contributed by atoms with Crippen LogP contribution in [0.1, 0.15) is 10.4 Å². The van der Waals surface area contributed by atoms with Gasteiger partial charge in [0, 0.05) is 11.3 Å². The summed E-state index contributed by atoms with van der Waals surface area (Å²) in [7, 11) is 1.65. The SMILES string of the molecule is COc1ccc(-c2ccc(C(=O)Nc3ccccc3)cc2)cc1. The third-order valence-corrected chi connectivity index (χ3v) is 3.60. The van der Waals surface area contributed by atoms with Gasteiger partial charge in [-0.2, -0.15) is 0 Å². The lowest BCUT2D eigenvalue weighted by Gasteiger charge is -2.07. The Morgan fingerprint density at radius 2 is 1.35 bits per heavy atom. The van der Waals surface area contributed by atoms with Crippen LogP contribution in [0.15, 0.2) is 78.9 Å². The van der Waals surface area contributed by atoms with Crippen molar-refractivity contribution in [3.63, 3.8) is 0 Å². The van der Waals surface area contributed by atoms with Crippen molar-refractivity contribution in [3.8, 4) is 16.9 Å². The molecule has 0 spiro atoms. The molecule has 0 aliphatic heterocycles. The molecule has 0 heterocycles. The van der Waals surface area contributed by atoms with Crippen molar-refractivity contribution < 1.29 is 9.53 Å². The molecule has 0 saturated heterocycles. The number of amides is 1. The average Bonchev–Trinajstić information content (AvgIpc) is 2.63. The number of anilines is 1. The molecule has 1 amide bonds. The van der Waals surface area contributed by atoms with Crippen LogP contribution in [0.5, 0.6) is 5.75 Å². The number of ether oxygens (including phenoxy) is 1. The third-order valence-electron chi connectivity index (χ3n) is 3.60. The fraction of sp³-hybridized carbons (Fsp3) is 0.0500. The molecule has 114 valence electrons. The Labute approximate surface area is 135 Å². The van der Waals surface area contributed by atoms with Crippen molar-refractivity contribution in [2.75, 3.05) is 12.4 Å². The number of methoxy groups -OCH3 is 1. The van der Waals surface area contributed by atoms with Gasteiger partial charge in [-0.15, -0.1) is 0 Å². The second-order valence-corrected chi connectivity index (χ2v) is 5.13. The summed E-state index contributed by atoms with van der Waals surface area (Å²) >= 11 is 0. The van der Waals surface area contributed by atoms with E-state index < -0.39 is 0 Å². The Bertz CT molecular complexity index is 778. The minimum Gasteiger partial charge on any atom is -0.497 e. The smallest absolute Gasteiger partial charge is 0.255 e. The summed E-state index contributed by atoms with van der Waals surface area (Å²) < 4.78 is 5.16. The molecule has 0 saturated carbocycles. The predicted octanol–water partition coefficient (Wildman–Crippen LogP) is 4.61. The Morgan fingerprint density at radius 1 is 0.783 bits per heavy atom. The quantitative estimate of drug-likeness (QED) is 0.764. The van der Waals surface area contributed by atoms with E-state index in [0.717, 1.165) is 22.6 Å². The Balaban J connectivity index is 1.74. The van der Waals surface area contributed by atoms with Crippen LogP contribution in [0.4, 0.5) is 5.69 Å². The van der Waals surface area contributed by atoms with Gasteiger partial charge in [-0.3, -0.25) is 4.79 Å². The summed E-state index contributed by atoms with van der Waals surface area (Å²) in [5, 5.41) is 2.88. The van der Waals surface area contributed by atoms with Crippen molar-refractivity contribution in [3.05, 3.63) is 84.4 Å². The summed E-state index contributed by atoms with van der Waals surface area (Å²) in [5.74, 6) is 0.713. The molecule has 0 unspecified atom stereocenters. The van der Waals surface area contributed by atoms with Crippen LogP contribution < -0.4 is 10.1 Å². The van der Waals surface area contributed by atoms with Crippen molar-refractivity contribution in [1.82, 2.24) is 0 Å². The normalized spacial score (nSPS) is 10.1. The van der Waals surface area contributed by atoms with Gasteiger partial charge in [0.25, 0.3) is 5.91 Å². The number of benzene rings is 3. The lowest BCUT2D eigenvalue weighted by atomic mass is 10.0. The monoisotopic (exact) mass is 303 g/mol. The van der Waals surface area contributed by atoms with Crippen molar-refractivity contribution in [2.45, 2.75) is 0 Å². The van der Waals surface area contributed by atoms with Crippen LogP contribution >= 0.6 is 0 Å². The number of carbonyl (C=O) groups excluding carboxylic acids is 1. The highest BCUT2D eigenvalue weighted by Gasteiger charge is 2.06. The molecule has 23 heavy (non-hydrogen) atoms. The fourth-order valence-corrected chi connectivity index (χ4v) is 2.32. The Morgan fingerprint density at radius 3 is 1.91 bits per heavy atom. The van der Waals surface area contributed by atoms with Gasteiger partial charge in [0.1, 0.15) is 5.75 Å². The van der Waals surface area contributed by atoms with Crippen LogP contribution in [0.3, 0.4) is 0 Å². The Hall–Kier alpha value is -3.07. The molecule has 0 radical (unpaired) electrons. The van der Waals surface area contributed by atoms with Gasteiger partial charge in [-0.25, -0.2) is 0 Å². The molecule has 3 aromatic rings. The molecule has 0 atom stereocenters. The number of rotatable bonds is 4. The highest BCUT2D eigenvalue weighted by atomic mass is 16.5. The van der Waals surface area contributed by atoms with E-state index in [4.69, 9.17) is 4.74 Å². The zero-order valence-corrected chi connectivity index (χ0v) is 12.8. The number of para-hydroxylation sites is 1. The third kappa shape index (κ3) is 3.58. The lowest BCUT2D eigenvalue weighted by molar-refractivity contribution is 0.102. The number of hydrogen-bond acceptors (Lipinski definition) is 2. The van der Waals surface area contributed by atoms with Crippen molar-refractivity contribution >= 4 is 11.6 Å². The van der Waals surface area contributed by atoms with E-state index in [-0.39, 0.29) is 5.91 Å². The maximum atomic E-state index is 12.2. The standard InChI is InChI=1S/C20H17NO2/c1-23-19-13-11-16(12-14-19)15-7-9-17(10-8-15)20(22)21-18-5-3-2-4-6-18/h2-14H,1H3,(H,21,22). The molecule has 3 rings (SSSR count). The fourth-order valence-electron chi connectivity index (χ4n) is 2.32. The van der Waals surface area contributed by atoms with Crippen molar-refractivity contribution in [2.24, 2.45) is 0 Å². The molecule has 0 bridgehead atoms. The number of hydrogen-bond donors (Lipinski definition) is 1. The lowest BCUT2D eigenvalue weighted by Crippen LogP contribution is -2.11. The van der Waals surface area contributed by atoms with Gasteiger partial charge in [-0.05, 0) is 47.5 Å². The maximum Gasteiger partial charge on any atom is 0.255 e. The van der Waals surface area contributed by atoms with Crippen LogP contribution in [0.2, 0.25) is 0 Å². The van der Waals surface area contributed by atoms with E-state index in [0.29, 0.717) is 5.56 Å². The summed E-state index contributed by atoms with van der Waals surface area (Å²) in [4.78, 5) is 12.2. The average molecular weight is 303 g/mol. The van der Waals surface area contributed by atoms with Gasteiger partial charge in [0.15, 0.2) is 0 Å².